The SMILES string of the molecule is CCCCCCCCCCC#CCCCCCCCCCCCCCCCCCCCC. The average Bonchev–Trinajstić information content (AvgIpc) is 2.81. The van der Waals surface area contributed by atoms with Gasteiger partial charge in [-0.3, -0.25) is 0 Å². The van der Waals surface area contributed by atoms with Gasteiger partial charge in [-0.25, -0.2) is 0 Å². The summed E-state index contributed by atoms with van der Waals surface area (Å²) in [5.41, 5.74) is 0. The van der Waals surface area contributed by atoms with Crippen LogP contribution in [0.5, 0.6) is 0 Å². The number of hydrogen-bond acceptors (Lipinski definition) is 0. The van der Waals surface area contributed by atoms with Crippen LogP contribution in [-0.2, 0) is 0 Å². The van der Waals surface area contributed by atoms with E-state index in [9.17, 15) is 0 Å². The van der Waals surface area contributed by atoms with E-state index in [1.54, 1.807) is 0 Å². The normalized spacial score (nSPS) is 10.9. The van der Waals surface area contributed by atoms with E-state index in [1.165, 1.54) is 167 Å². The van der Waals surface area contributed by atoms with Gasteiger partial charge in [-0.05, 0) is 12.8 Å². The molecule has 0 rings (SSSR count). The van der Waals surface area contributed by atoms with E-state index in [1.807, 2.05) is 0 Å². The van der Waals surface area contributed by atoms with Crippen LogP contribution in [0.15, 0.2) is 0 Å². The zero-order chi connectivity index (χ0) is 23.2. The van der Waals surface area contributed by atoms with Crippen molar-refractivity contribution in [1.82, 2.24) is 0 Å². The minimum atomic E-state index is 1.13. The Hall–Kier alpha value is -0.440. The second-order valence-corrected chi connectivity index (χ2v) is 10.3. The van der Waals surface area contributed by atoms with Gasteiger partial charge in [0, 0.05) is 12.8 Å². The van der Waals surface area contributed by atoms with E-state index in [2.05, 4.69) is 25.7 Å². The molecular formula is C32H62. The summed E-state index contributed by atoms with van der Waals surface area (Å²) in [4.78, 5) is 0. The third-order valence-corrected chi connectivity index (χ3v) is 6.94. The molecule has 0 heterocycles. The Kier molecular flexibility index (Phi) is 30.1. The molecular weight excluding hydrogens is 384 g/mol. The molecule has 32 heavy (non-hydrogen) atoms. The van der Waals surface area contributed by atoms with Gasteiger partial charge in [0.25, 0.3) is 0 Å². The van der Waals surface area contributed by atoms with Crippen molar-refractivity contribution >= 4 is 0 Å². The van der Waals surface area contributed by atoms with Gasteiger partial charge in [0.05, 0.1) is 0 Å². The lowest BCUT2D eigenvalue weighted by molar-refractivity contribution is 0.525. The third kappa shape index (κ3) is 29.6. The van der Waals surface area contributed by atoms with E-state index in [4.69, 9.17) is 0 Å². The lowest BCUT2D eigenvalue weighted by Gasteiger charge is -2.03. The Bertz CT molecular complexity index is 371. The molecule has 0 amide bonds. The molecule has 0 aliphatic heterocycles. The molecule has 0 unspecified atom stereocenters. The Labute approximate surface area is 205 Å². The predicted octanol–water partition coefficient (Wildman–Crippen LogP) is 12.0. The number of rotatable bonds is 26. The molecule has 0 atom stereocenters. The van der Waals surface area contributed by atoms with Crippen LogP contribution in [0, 0.1) is 11.8 Å². The van der Waals surface area contributed by atoms with Crippen LogP contribution in [0.3, 0.4) is 0 Å². The Morgan fingerprint density at radius 2 is 0.438 bits per heavy atom. The Morgan fingerprint density at radius 3 is 0.656 bits per heavy atom. The van der Waals surface area contributed by atoms with Gasteiger partial charge in [-0.15, -0.1) is 11.8 Å². The molecule has 0 aromatic carbocycles. The molecule has 0 heteroatoms. The smallest absolute Gasteiger partial charge is 0.00886 e. The molecule has 0 aromatic heterocycles. The summed E-state index contributed by atoms with van der Waals surface area (Å²) < 4.78 is 0. The van der Waals surface area contributed by atoms with Crippen LogP contribution in [0.4, 0.5) is 0 Å². The fraction of sp³-hybridized carbons (Fsp3) is 0.938. The summed E-state index contributed by atoms with van der Waals surface area (Å²) in [5.74, 6) is 6.81. The van der Waals surface area contributed by atoms with Crippen molar-refractivity contribution in [2.75, 3.05) is 0 Å². The maximum Gasteiger partial charge on any atom is 0.00886 e. The standard InChI is InChI=1S/C32H62/c1-3-5-7-9-11-13-15-17-19-21-23-25-27-29-31-32-30-28-26-24-22-20-18-16-14-12-10-8-6-4-2/h3-21,23,25-32H2,1-2H3. The summed E-state index contributed by atoms with van der Waals surface area (Å²) in [7, 11) is 0. The predicted molar refractivity (Wildman–Crippen MR) is 148 cm³/mol. The maximum atomic E-state index is 3.41. The molecule has 0 aliphatic rings. The van der Waals surface area contributed by atoms with Gasteiger partial charge in [0.1, 0.15) is 0 Å². The van der Waals surface area contributed by atoms with Crippen molar-refractivity contribution in [3.8, 4) is 11.8 Å². The summed E-state index contributed by atoms with van der Waals surface area (Å²) in [5, 5.41) is 0. The van der Waals surface area contributed by atoms with Gasteiger partial charge in [-0.1, -0.05) is 168 Å². The van der Waals surface area contributed by atoms with Crippen molar-refractivity contribution < 1.29 is 0 Å². The first-order valence-electron chi connectivity index (χ1n) is 15.4. The molecule has 0 bridgehead atoms. The molecule has 0 aromatic rings. The van der Waals surface area contributed by atoms with Gasteiger partial charge >= 0.3 is 0 Å². The minimum Gasteiger partial charge on any atom is -0.103 e. The number of unbranched alkanes of at least 4 members (excludes halogenated alkanes) is 26. The zero-order valence-corrected chi connectivity index (χ0v) is 22.8. The van der Waals surface area contributed by atoms with Crippen LogP contribution in [-0.4, -0.2) is 0 Å². The van der Waals surface area contributed by atoms with Gasteiger partial charge < -0.3 is 0 Å². The van der Waals surface area contributed by atoms with Crippen molar-refractivity contribution in [2.45, 2.75) is 194 Å². The molecule has 0 N–H and O–H groups in total. The largest absolute Gasteiger partial charge is 0.103 e. The van der Waals surface area contributed by atoms with E-state index >= 15 is 0 Å². The highest BCUT2D eigenvalue weighted by Crippen LogP contribution is 2.14. The Balaban J connectivity index is 3.07. The fourth-order valence-corrected chi connectivity index (χ4v) is 4.64. The highest BCUT2D eigenvalue weighted by molar-refractivity contribution is 4.98. The van der Waals surface area contributed by atoms with E-state index in [0.717, 1.165) is 12.8 Å². The second-order valence-electron chi connectivity index (χ2n) is 10.3. The molecule has 0 nitrogen and oxygen atoms in total. The fourth-order valence-electron chi connectivity index (χ4n) is 4.64. The summed E-state index contributed by atoms with van der Waals surface area (Å²) in [6.07, 6.45) is 39.6. The van der Waals surface area contributed by atoms with Crippen LogP contribution in [0.25, 0.3) is 0 Å². The monoisotopic (exact) mass is 446 g/mol. The quantitative estimate of drug-likeness (QED) is 0.0915. The van der Waals surface area contributed by atoms with Crippen molar-refractivity contribution in [3.05, 3.63) is 0 Å². The molecule has 190 valence electrons. The lowest BCUT2D eigenvalue weighted by atomic mass is 10.0. The van der Waals surface area contributed by atoms with Crippen LogP contribution < -0.4 is 0 Å². The number of hydrogen-bond donors (Lipinski definition) is 0. The second kappa shape index (κ2) is 30.6. The van der Waals surface area contributed by atoms with Gasteiger partial charge in [0.2, 0.25) is 0 Å². The van der Waals surface area contributed by atoms with Gasteiger partial charge in [0.15, 0.2) is 0 Å². The van der Waals surface area contributed by atoms with E-state index in [0.29, 0.717) is 0 Å². The van der Waals surface area contributed by atoms with Crippen LogP contribution in [0.1, 0.15) is 194 Å². The Morgan fingerprint density at radius 1 is 0.250 bits per heavy atom. The highest BCUT2D eigenvalue weighted by atomic mass is 14.0. The third-order valence-electron chi connectivity index (χ3n) is 6.94. The molecule has 0 saturated heterocycles. The van der Waals surface area contributed by atoms with Crippen LogP contribution >= 0.6 is 0 Å². The first kappa shape index (κ1) is 31.6. The molecule has 0 spiro atoms. The van der Waals surface area contributed by atoms with Crippen molar-refractivity contribution in [2.24, 2.45) is 0 Å². The molecule has 0 radical (unpaired) electrons. The summed E-state index contributed by atoms with van der Waals surface area (Å²) in [6, 6.07) is 0. The van der Waals surface area contributed by atoms with E-state index < -0.39 is 0 Å². The topological polar surface area (TPSA) is 0 Å². The van der Waals surface area contributed by atoms with Gasteiger partial charge in [-0.2, -0.15) is 0 Å². The zero-order valence-electron chi connectivity index (χ0n) is 22.8. The first-order chi connectivity index (χ1) is 15.9. The lowest BCUT2D eigenvalue weighted by Crippen LogP contribution is -1.84. The van der Waals surface area contributed by atoms with Crippen LogP contribution in [0.2, 0.25) is 0 Å². The highest BCUT2D eigenvalue weighted by Gasteiger charge is 1.95. The molecule has 0 saturated carbocycles. The first-order valence-corrected chi connectivity index (χ1v) is 15.4. The minimum absolute atomic E-state index is 1.13. The molecule has 0 aliphatic carbocycles. The average molecular weight is 447 g/mol. The maximum absolute atomic E-state index is 3.41. The summed E-state index contributed by atoms with van der Waals surface area (Å²) >= 11 is 0. The van der Waals surface area contributed by atoms with Crippen molar-refractivity contribution in [3.63, 3.8) is 0 Å². The summed E-state index contributed by atoms with van der Waals surface area (Å²) in [6.45, 7) is 4.59. The van der Waals surface area contributed by atoms with E-state index in [-0.39, 0.29) is 0 Å². The van der Waals surface area contributed by atoms with Crippen molar-refractivity contribution in [1.29, 1.82) is 0 Å². The molecule has 0 fully saturated rings.